The SMILES string of the molecule is CC1CN(C(=O)C2CC2c2ccccc2OC(F)(F)F)CCN1. The predicted molar refractivity (Wildman–Crippen MR) is 78.0 cm³/mol. The molecular formula is C16H19F3N2O2. The van der Waals surface area contributed by atoms with Gasteiger partial charge < -0.3 is 15.0 Å². The molecule has 1 saturated heterocycles. The first-order valence-electron chi connectivity index (χ1n) is 7.72. The van der Waals surface area contributed by atoms with Gasteiger partial charge >= 0.3 is 6.36 Å². The van der Waals surface area contributed by atoms with Gasteiger partial charge in [-0.2, -0.15) is 0 Å². The Morgan fingerprint density at radius 2 is 2.09 bits per heavy atom. The van der Waals surface area contributed by atoms with Crippen molar-refractivity contribution in [3.63, 3.8) is 0 Å². The van der Waals surface area contributed by atoms with Crippen molar-refractivity contribution in [1.29, 1.82) is 0 Å². The Bertz CT molecular complexity index is 591. The molecule has 1 N–H and O–H groups in total. The van der Waals surface area contributed by atoms with Crippen LogP contribution in [0, 0.1) is 5.92 Å². The van der Waals surface area contributed by atoms with Gasteiger partial charge in [-0.1, -0.05) is 18.2 Å². The Morgan fingerprint density at radius 1 is 1.35 bits per heavy atom. The van der Waals surface area contributed by atoms with Crippen LogP contribution in [0.3, 0.4) is 0 Å². The van der Waals surface area contributed by atoms with E-state index in [2.05, 4.69) is 10.1 Å². The van der Waals surface area contributed by atoms with Gasteiger partial charge in [-0.3, -0.25) is 4.79 Å². The number of benzene rings is 1. The van der Waals surface area contributed by atoms with Crippen LogP contribution in [0.2, 0.25) is 0 Å². The average Bonchev–Trinajstić information content (AvgIpc) is 3.25. The van der Waals surface area contributed by atoms with Crippen molar-refractivity contribution < 1.29 is 22.7 Å². The van der Waals surface area contributed by atoms with Gasteiger partial charge in [0.25, 0.3) is 0 Å². The highest BCUT2D eigenvalue weighted by Crippen LogP contribution is 2.51. The van der Waals surface area contributed by atoms with Gasteiger partial charge in [-0.05, 0) is 30.9 Å². The summed E-state index contributed by atoms with van der Waals surface area (Å²) in [5, 5.41) is 3.27. The lowest BCUT2D eigenvalue weighted by Crippen LogP contribution is -2.51. The van der Waals surface area contributed by atoms with E-state index in [-0.39, 0.29) is 29.5 Å². The highest BCUT2D eigenvalue weighted by molar-refractivity contribution is 5.83. The molecule has 7 heteroatoms. The van der Waals surface area contributed by atoms with E-state index in [4.69, 9.17) is 0 Å². The zero-order valence-corrected chi connectivity index (χ0v) is 12.8. The molecule has 4 nitrogen and oxygen atoms in total. The highest BCUT2D eigenvalue weighted by Gasteiger charge is 2.48. The van der Waals surface area contributed by atoms with Gasteiger partial charge in [0.15, 0.2) is 0 Å². The Balaban J connectivity index is 1.69. The van der Waals surface area contributed by atoms with Crippen LogP contribution < -0.4 is 10.1 Å². The van der Waals surface area contributed by atoms with E-state index in [0.717, 1.165) is 6.54 Å². The van der Waals surface area contributed by atoms with Crippen molar-refractivity contribution in [2.45, 2.75) is 31.7 Å². The summed E-state index contributed by atoms with van der Waals surface area (Å²) in [4.78, 5) is 14.3. The van der Waals surface area contributed by atoms with Crippen LogP contribution in [-0.2, 0) is 4.79 Å². The second-order valence-corrected chi connectivity index (χ2v) is 6.17. The molecule has 3 unspecified atom stereocenters. The summed E-state index contributed by atoms with van der Waals surface area (Å²) in [6.07, 6.45) is -4.14. The van der Waals surface area contributed by atoms with Gasteiger partial charge in [-0.15, -0.1) is 13.2 Å². The van der Waals surface area contributed by atoms with E-state index in [0.29, 0.717) is 25.1 Å². The highest BCUT2D eigenvalue weighted by atomic mass is 19.4. The van der Waals surface area contributed by atoms with Gasteiger partial charge in [0, 0.05) is 31.6 Å². The lowest BCUT2D eigenvalue weighted by molar-refractivity contribution is -0.274. The third-order valence-corrected chi connectivity index (χ3v) is 4.33. The minimum absolute atomic E-state index is 0.0326. The summed E-state index contributed by atoms with van der Waals surface area (Å²) >= 11 is 0. The molecule has 126 valence electrons. The summed E-state index contributed by atoms with van der Waals surface area (Å²) < 4.78 is 41.6. The van der Waals surface area contributed by atoms with E-state index >= 15 is 0 Å². The van der Waals surface area contributed by atoms with Crippen LogP contribution in [0.15, 0.2) is 24.3 Å². The van der Waals surface area contributed by atoms with E-state index in [1.165, 1.54) is 12.1 Å². The number of para-hydroxylation sites is 1. The maximum Gasteiger partial charge on any atom is 0.573 e. The number of hydrogen-bond donors (Lipinski definition) is 1. The Morgan fingerprint density at radius 3 is 2.78 bits per heavy atom. The van der Waals surface area contributed by atoms with E-state index in [1.807, 2.05) is 6.92 Å². The standard InChI is InChI=1S/C16H19F3N2O2/c1-10-9-21(7-6-20-10)15(22)13-8-12(13)11-4-2-3-5-14(11)23-16(17,18)19/h2-5,10,12-13,20H,6-9H2,1H3. The Hall–Kier alpha value is -1.76. The lowest BCUT2D eigenvalue weighted by atomic mass is 10.1. The fraction of sp³-hybridized carbons (Fsp3) is 0.562. The van der Waals surface area contributed by atoms with Crippen molar-refractivity contribution in [3.05, 3.63) is 29.8 Å². The minimum atomic E-state index is -4.72. The van der Waals surface area contributed by atoms with Crippen LogP contribution in [0.4, 0.5) is 13.2 Å². The molecule has 3 rings (SSSR count). The number of rotatable bonds is 3. The average molecular weight is 328 g/mol. The third kappa shape index (κ3) is 3.77. The van der Waals surface area contributed by atoms with Crippen molar-refractivity contribution in [3.8, 4) is 5.75 Å². The first-order chi connectivity index (χ1) is 10.8. The molecule has 1 aromatic carbocycles. The molecule has 0 bridgehead atoms. The van der Waals surface area contributed by atoms with Crippen molar-refractivity contribution in [2.24, 2.45) is 5.92 Å². The second-order valence-electron chi connectivity index (χ2n) is 6.17. The van der Waals surface area contributed by atoms with Crippen LogP contribution in [-0.4, -0.2) is 42.8 Å². The van der Waals surface area contributed by atoms with Crippen molar-refractivity contribution >= 4 is 5.91 Å². The second kappa shape index (κ2) is 6.03. The van der Waals surface area contributed by atoms with Crippen molar-refractivity contribution in [1.82, 2.24) is 10.2 Å². The number of alkyl halides is 3. The molecule has 2 aliphatic rings. The molecule has 1 amide bonds. The van der Waals surface area contributed by atoms with Gasteiger partial charge in [-0.25, -0.2) is 0 Å². The molecule has 0 spiro atoms. The number of carbonyl (C=O) groups is 1. The van der Waals surface area contributed by atoms with Crippen LogP contribution >= 0.6 is 0 Å². The number of hydrogen-bond acceptors (Lipinski definition) is 3. The Kier molecular flexibility index (Phi) is 4.23. The molecule has 1 saturated carbocycles. The van der Waals surface area contributed by atoms with E-state index < -0.39 is 6.36 Å². The maximum absolute atomic E-state index is 12.5. The topological polar surface area (TPSA) is 41.6 Å². The maximum atomic E-state index is 12.5. The van der Waals surface area contributed by atoms with Gasteiger partial charge in [0.1, 0.15) is 5.75 Å². The number of piperazine rings is 1. The van der Waals surface area contributed by atoms with Crippen LogP contribution in [0.25, 0.3) is 0 Å². The molecule has 2 fully saturated rings. The largest absolute Gasteiger partial charge is 0.573 e. The molecule has 1 aromatic rings. The van der Waals surface area contributed by atoms with E-state index in [1.54, 1.807) is 17.0 Å². The van der Waals surface area contributed by atoms with Crippen LogP contribution in [0.5, 0.6) is 5.75 Å². The normalized spacial score (nSPS) is 27.7. The van der Waals surface area contributed by atoms with Crippen molar-refractivity contribution in [2.75, 3.05) is 19.6 Å². The molecule has 1 aliphatic carbocycles. The van der Waals surface area contributed by atoms with E-state index in [9.17, 15) is 18.0 Å². The zero-order valence-electron chi connectivity index (χ0n) is 12.8. The molecule has 23 heavy (non-hydrogen) atoms. The van der Waals surface area contributed by atoms with Gasteiger partial charge in [0.2, 0.25) is 5.91 Å². The monoisotopic (exact) mass is 328 g/mol. The summed E-state index contributed by atoms with van der Waals surface area (Å²) in [5.41, 5.74) is 0.464. The fourth-order valence-electron chi connectivity index (χ4n) is 3.18. The number of amides is 1. The fourth-order valence-corrected chi connectivity index (χ4v) is 3.18. The smallest absolute Gasteiger partial charge is 0.405 e. The summed E-state index contributed by atoms with van der Waals surface area (Å²) in [6.45, 7) is 4.05. The lowest BCUT2D eigenvalue weighted by Gasteiger charge is -2.32. The molecule has 0 radical (unpaired) electrons. The predicted octanol–water partition coefficient (Wildman–Crippen LogP) is 2.51. The summed E-state index contributed by atoms with van der Waals surface area (Å²) in [6, 6.07) is 6.33. The first kappa shape index (κ1) is 16.1. The van der Waals surface area contributed by atoms with Gasteiger partial charge in [0.05, 0.1) is 0 Å². The zero-order chi connectivity index (χ0) is 16.6. The minimum Gasteiger partial charge on any atom is -0.405 e. The number of nitrogens with zero attached hydrogens (tertiary/aromatic N) is 1. The summed E-state index contributed by atoms with van der Waals surface area (Å²) in [5.74, 6) is -0.594. The Labute approximate surface area is 132 Å². The molecule has 1 heterocycles. The quantitative estimate of drug-likeness (QED) is 0.927. The summed E-state index contributed by atoms with van der Waals surface area (Å²) in [7, 11) is 0. The third-order valence-electron chi connectivity index (χ3n) is 4.33. The molecule has 3 atom stereocenters. The molecule has 1 aliphatic heterocycles. The molecular weight excluding hydrogens is 309 g/mol. The number of carbonyl (C=O) groups excluding carboxylic acids is 1. The number of halogens is 3. The number of nitrogens with one attached hydrogen (secondary N) is 1. The molecule has 0 aromatic heterocycles. The first-order valence-corrected chi connectivity index (χ1v) is 7.72. The number of ether oxygens (including phenoxy) is 1. The van der Waals surface area contributed by atoms with Crippen LogP contribution in [0.1, 0.15) is 24.8 Å².